The van der Waals surface area contributed by atoms with Crippen LogP contribution in [0.1, 0.15) is 25.8 Å². The van der Waals surface area contributed by atoms with Crippen molar-refractivity contribution in [3.8, 4) is 10.7 Å². The lowest BCUT2D eigenvalue weighted by Gasteiger charge is -2.16. The van der Waals surface area contributed by atoms with Gasteiger partial charge in [-0.3, -0.25) is 14.5 Å². The molecule has 29 heavy (non-hydrogen) atoms. The largest absolute Gasteiger partial charge is 0.324 e. The highest BCUT2D eigenvalue weighted by molar-refractivity contribution is 7.89. The lowest BCUT2D eigenvalue weighted by Crippen LogP contribution is -2.26. The molecule has 1 aromatic carbocycles. The Morgan fingerprint density at radius 2 is 2.14 bits per heavy atom. The normalized spacial score (nSPS) is 15.2. The van der Waals surface area contributed by atoms with Crippen LogP contribution in [0.25, 0.3) is 10.7 Å². The molecule has 2 aromatic heterocycles. The Hall–Kier alpha value is -2.34. The van der Waals surface area contributed by atoms with Crippen molar-refractivity contribution in [1.29, 1.82) is 0 Å². The third kappa shape index (κ3) is 4.32. The van der Waals surface area contributed by atoms with Gasteiger partial charge in [0.15, 0.2) is 10.6 Å². The summed E-state index contributed by atoms with van der Waals surface area (Å²) in [4.78, 5) is 13.9. The number of hydrogen-bond acceptors (Lipinski definition) is 6. The van der Waals surface area contributed by atoms with Gasteiger partial charge < -0.3 is 5.32 Å². The summed E-state index contributed by atoms with van der Waals surface area (Å²) in [5, 5.41) is 11.7. The molecule has 0 bridgehead atoms. The Kier molecular flexibility index (Phi) is 5.38. The maximum atomic E-state index is 12.9. The number of sulfonamides is 1. The van der Waals surface area contributed by atoms with E-state index in [9.17, 15) is 13.2 Å². The Morgan fingerprint density at radius 3 is 2.83 bits per heavy atom. The summed E-state index contributed by atoms with van der Waals surface area (Å²) in [7, 11) is -3.60. The molecule has 1 saturated carbocycles. The highest BCUT2D eigenvalue weighted by atomic mass is 32.2. The first-order valence-corrected chi connectivity index (χ1v) is 11.8. The number of carbonyl (C=O) groups is 1. The van der Waals surface area contributed by atoms with Crippen LogP contribution in [-0.2, 0) is 14.8 Å². The van der Waals surface area contributed by atoms with Gasteiger partial charge in [0, 0.05) is 11.7 Å². The fourth-order valence-electron chi connectivity index (χ4n) is 2.84. The van der Waals surface area contributed by atoms with Crippen molar-refractivity contribution in [3.05, 3.63) is 46.5 Å². The first-order chi connectivity index (χ1) is 13.8. The van der Waals surface area contributed by atoms with Crippen molar-refractivity contribution < 1.29 is 13.2 Å². The minimum Gasteiger partial charge on any atom is -0.324 e. The zero-order chi connectivity index (χ0) is 20.6. The van der Waals surface area contributed by atoms with Gasteiger partial charge >= 0.3 is 0 Å². The Morgan fingerprint density at radius 1 is 1.34 bits per heavy atom. The molecule has 0 spiro atoms. The van der Waals surface area contributed by atoms with Crippen molar-refractivity contribution in [1.82, 2.24) is 19.5 Å². The second-order valence-corrected chi connectivity index (χ2v) is 9.84. The summed E-state index contributed by atoms with van der Waals surface area (Å²) >= 11 is 6.80. The fraction of sp³-hybridized carbons (Fsp3) is 0.278. The Balaban J connectivity index is 1.55. The van der Waals surface area contributed by atoms with E-state index in [2.05, 4.69) is 20.2 Å². The maximum Gasteiger partial charge on any atom is 0.247 e. The standard InChI is InChI=1S/C18H19N5O3S3/c1-11(23-16(20-21-18(23)27)15-6-3-9-28-15)17(24)19-13-4-2-5-14(10-13)29(25,26)22-12-7-8-12/h2-6,9-12,22H,7-8H2,1H3,(H,19,24)(H,21,27). The topological polar surface area (TPSA) is 109 Å². The van der Waals surface area contributed by atoms with Crippen LogP contribution in [-0.4, -0.2) is 35.1 Å². The molecule has 1 amide bonds. The van der Waals surface area contributed by atoms with Gasteiger partial charge in [0.05, 0.1) is 9.77 Å². The molecule has 1 atom stereocenters. The van der Waals surface area contributed by atoms with Gasteiger partial charge in [-0.2, -0.15) is 5.10 Å². The van der Waals surface area contributed by atoms with Crippen molar-refractivity contribution in [3.63, 3.8) is 0 Å². The molecule has 1 aliphatic carbocycles. The molecule has 3 aromatic rings. The molecular weight excluding hydrogens is 430 g/mol. The van der Waals surface area contributed by atoms with E-state index in [0.29, 0.717) is 16.3 Å². The van der Waals surface area contributed by atoms with E-state index in [0.717, 1.165) is 17.7 Å². The smallest absolute Gasteiger partial charge is 0.247 e. The molecule has 1 aliphatic rings. The van der Waals surface area contributed by atoms with E-state index in [1.54, 1.807) is 23.6 Å². The molecule has 152 valence electrons. The number of aromatic amines is 1. The number of nitrogens with one attached hydrogen (secondary N) is 3. The van der Waals surface area contributed by atoms with Gasteiger partial charge in [-0.1, -0.05) is 12.1 Å². The number of hydrogen-bond donors (Lipinski definition) is 3. The summed E-state index contributed by atoms with van der Waals surface area (Å²) in [6.07, 6.45) is 1.70. The molecule has 3 N–H and O–H groups in total. The third-order valence-electron chi connectivity index (χ3n) is 4.52. The first-order valence-electron chi connectivity index (χ1n) is 8.99. The highest BCUT2D eigenvalue weighted by Crippen LogP contribution is 2.27. The molecule has 11 heteroatoms. The van der Waals surface area contributed by atoms with Gasteiger partial charge in [-0.15, -0.1) is 11.3 Å². The van der Waals surface area contributed by atoms with E-state index < -0.39 is 16.1 Å². The molecule has 1 unspecified atom stereocenters. The second-order valence-electron chi connectivity index (χ2n) is 6.79. The van der Waals surface area contributed by atoms with E-state index in [4.69, 9.17) is 12.2 Å². The maximum absolute atomic E-state index is 12.9. The average molecular weight is 450 g/mol. The van der Waals surface area contributed by atoms with Crippen LogP contribution in [0.15, 0.2) is 46.7 Å². The zero-order valence-corrected chi connectivity index (χ0v) is 17.9. The molecule has 0 radical (unpaired) electrons. The van der Waals surface area contributed by atoms with Crippen LogP contribution in [0, 0.1) is 4.77 Å². The number of rotatable bonds is 7. The number of nitrogens with zero attached hydrogens (tertiary/aromatic N) is 2. The summed E-state index contributed by atoms with van der Waals surface area (Å²) in [5.41, 5.74) is 0.396. The number of carbonyl (C=O) groups excluding carboxylic acids is 1. The van der Waals surface area contributed by atoms with E-state index in [-0.39, 0.29) is 16.8 Å². The second kappa shape index (κ2) is 7.82. The SMILES string of the molecule is CC(C(=O)Nc1cccc(S(=O)(=O)NC2CC2)c1)n1c(-c2cccs2)n[nH]c1=S. The summed E-state index contributed by atoms with van der Waals surface area (Å²) in [6.45, 7) is 1.72. The predicted octanol–water partition coefficient (Wildman–Crippen LogP) is 3.31. The molecule has 4 rings (SSSR count). The number of amides is 1. The number of thiophene rings is 1. The fourth-order valence-corrected chi connectivity index (χ4v) is 5.19. The summed E-state index contributed by atoms with van der Waals surface area (Å²) in [5.74, 6) is 0.252. The summed E-state index contributed by atoms with van der Waals surface area (Å²) in [6, 6.07) is 9.36. The minimum atomic E-state index is -3.60. The van der Waals surface area contributed by atoms with Gasteiger partial charge in [0.25, 0.3) is 0 Å². The third-order valence-corrected chi connectivity index (χ3v) is 7.20. The van der Waals surface area contributed by atoms with Crippen LogP contribution in [0.2, 0.25) is 0 Å². The highest BCUT2D eigenvalue weighted by Gasteiger charge is 2.28. The van der Waals surface area contributed by atoms with Crippen molar-refractivity contribution in [2.24, 2.45) is 0 Å². The van der Waals surface area contributed by atoms with Crippen LogP contribution in [0.3, 0.4) is 0 Å². The summed E-state index contributed by atoms with van der Waals surface area (Å²) < 4.78 is 29.4. The Bertz CT molecular complexity index is 1190. The van der Waals surface area contributed by atoms with Gasteiger partial charge in [0.2, 0.25) is 15.9 Å². The van der Waals surface area contributed by atoms with Gasteiger partial charge in [-0.25, -0.2) is 13.1 Å². The van der Waals surface area contributed by atoms with E-state index >= 15 is 0 Å². The van der Waals surface area contributed by atoms with Crippen LogP contribution < -0.4 is 10.0 Å². The molecule has 1 fully saturated rings. The van der Waals surface area contributed by atoms with Crippen molar-refractivity contribution >= 4 is 45.2 Å². The minimum absolute atomic E-state index is 0.0110. The van der Waals surface area contributed by atoms with Crippen molar-refractivity contribution in [2.75, 3.05) is 5.32 Å². The molecular formula is C18H19N5O3S3. The lowest BCUT2D eigenvalue weighted by atomic mass is 10.2. The zero-order valence-electron chi connectivity index (χ0n) is 15.5. The van der Waals surface area contributed by atoms with Crippen molar-refractivity contribution in [2.45, 2.75) is 36.7 Å². The van der Waals surface area contributed by atoms with Gasteiger partial charge in [0.1, 0.15) is 6.04 Å². The number of aromatic nitrogens is 3. The Labute approximate surface area is 177 Å². The molecule has 0 aliphatic heterocycles. The average Bonchev–Trinajstić information content (AvgIpc) is 3.17. The van der Waals surface area contributed by atoms with Crippen LogP contribution in [0.5, 0.6) is 0 Å². The monoisotopic (exact) mass is 449 g/mol. The molecule has 2 heterocycles. The van der Waals surface area contributed by atoms with E-state index in [1.807, 2.05) is 17.5 Å². The van der Waals surface area contributed by atoms with Crippen LogP contribution >= 0.6 is 23.6 Å². The lowest BCUT2D eigenvalue weighted by molar-refractivity contribution is -0.118. The first kappa shape index (κ1) is 20.0. The molecule has 8 nitrogen and oxygen atoms in total. The quantitative estimate of drug-likeness (QED) is 0.480. The predicted molar refractivity (Wildman–Crippen MR) is 114 cm³/mol. The number of anilines is 1. The number of benzene rings is 1. The van der Waals surface area contributed by atoms with E-state index in [1.165, 1.54) is 23.5 Å². The van der Waals surface area contributed by atoms with Crippen LogP contribution in [0.4, 0.5) is 5.69 Å². The molecule has 0 saturated heterocycles. The van der Waals surface area contributed by atoms with Gasteiger partial charge in [-0.05, 0) is 61.6 Å². The number of H-pyrrole nitrogens is 1.